The fourth-order valence-corrected chi connectivity index (χ4v) is 7.36. The highest BCUT2D eigenvalue weighted by Crippen LogP contribution is 2.33. The Morgan fingerprint density at radius 3 is 2.26 bits per heavy atom. The van der Waals surface area contributed by atoms with E-state index in [0.29, 0.717) is 61.7 Å². The monoisotopic (exact) mass is 638 g/mol. The minimum atomic E-state index is -0.580. The first-order valence-electron chi connectivity index (χ1n) is 16.7. The molecule has 46 heavy (non-hydrogen) atoms. The molecule has 252 valence electrons. The summed E-state index contributed by atoms with van der Waals surface area (Å²) >= 11 is 0. The molecule has 3 fully saturated rings. The number of hydrogen-bond acceptors (Lipinski definition) is 7. The number of hydrogen-bond donors (Lipinski definition) is 2. The van der Waals surface area contributed by atoms with Crippen molar-refractivity contribution in [1.82, 2.24) is 29.9 Å². The van der Waals surface area contributed by atoms with Gasteiger partial charge in [-0.1, -0.05) is 19.3 Å². The molecule has 2 N–H and O–H groups in total. The van der Waals surface area contributed by atoms with Crippen molar-refractivity contribution in [3.63, 3.8) is 0 Å². The number of nitrogens with one attached hydrogen (secondary N) is 2. The number of benzene rings is 1. The predicted molar refractivity (Wildman–Crippen MR) is 175 cm³/mol. The number of likely N-dealkylation sites (tertiary alicyclic amines) is 1. The minimum absolute atomic E-state index is 0.0442. The molecular weight excluding hydrogens is 588 g/mol. The molecule has 1 aliphatic carbocycles. The van der Waals surface area contributed by atoms with E-state index in [1.807, 2.05) is 30.1 Å². The van der Waals surface area contributed by atoms with E-state index in [0.717, 1.165) is 50.5 Å². The molecule has 1 aromatic carbocycles. The standard InChI is InChI=1S/C34H50N6O6/c1-22(35-2)31(41)36-29(23-10-7-6-8-11-23)33(43)38-16-18-39(19-17-38)34(44)30-28(32(42)40-15-9-12-24(40)21-45-4)26-14-13-25(46-5)20-27(26)37(30)3/h13-14,20,22-24,29,35H,6-12,15-19,21H2,1-5H3,(H,36,41)/t22-,24-,29-/m0/s1. The molecule has 0 spiro atoms. The third-order valence-electron chi connectivity index (χ3n) is 10.2. The van der Waals surface area contributed by atoms with Crippen LogP contribution in [0.2, 0.25) is 0 Å². The molecule has 5 rings (SSSR count). The third-order valence-corrected chi connectivity index (χ3v) is 10.2. The largest absolute Gasteiger partial charge is 0.497 e. The predicted octanol–water partition coefficient (Wildman–Crippen LogP) is 2.40. The first-order valence-corrected chi connectivity index (χ1v) is 16.7. The highest BCUT2D eigenvalue weighted by atomic mass is 16.5. The van der Waals surface area contributed by atoms with Crippen molar-refractivity contribution in [3.8, 4) is 5.75 Å². The summed E-state index contributed by atoms with van der Waals surface area (Å²) in [6.45, 7) is 4.21. The topological polar surface area (TPSA) is 125 Å². The quantitative estimate of drug-likeness (QED) is 0.410. The van der Waals surface area contributed by atoms with Crippen molar-refractivity contribution < 1.29 is 28.7 Å². The second-order valence-electron chi connectivity index (χ2n) is 12.9. The van der Waals surface area contributed by atoms with Crippen LogP contribution >= 0.6 is 0 Å². The number of fused-ring (bicyclic) bond motifs is 1. The molecule has 12 heteroatoms. The SMILES string of the molecule is CN[C@@H](C)C(=O)N[C@H](C(=O)N1CCN(C(=O)c2c(C(=O)N3CCC[C@H]3COC)c3ccc(OC)cc3n2C)CC1)C1CCCCC1. The Bertz CT molecular complexity index is 1430. The Hall–Kier alpha value is -3.64. The summed E-state index contributed by atoms with van der Waals surface area (Å²) < 4.78 is 12.7. The summed E-state index contributed by atoms with van der Waals surface area (Å²) in [4.78, 5) is 60.6. The fraction of sp³-hybridized carbons (Fsp3) is 0.647. The van der Waals surface area contributed by atoms with E-state index in [2.05, 4.69) is 10.6 Å². The second-order valence-corrected chi connectivity index (χ2v) is 12.9. The van der Waals surface area contributed by atoms with Crippen LogP contribution in [0, 0.1) is 5.92 Å². The zero-order chi connectivity index (χ0) is 33.0. The van der Waals surface area contributed by atoms with Crippen LogP contribution in [-0.2, 0) is 21.4 Å². The Morgan fingerprint density at radius 1 is 0.913 bits per heavy atom. The van der Waals surface area contributed by atoms with Gasteiger partial charge in [0, 0.05) is 58.3 Å². The molecule has 2 aromatic rings. The first-order chi connectivity index (χ1) is 22.2. The lowest BCUT2D eigenvalue weighted by molar-refractivity contribution is -0.140. The Labute approximate surface area is 271 Å². The normalized spacial score (nSPS) is 20.5. The maximum Gasteiger partial charge on any atom is 0.271 e. The number of methoxy groups -OCH3 is 2. The summed E-state index contributed by atoms with van der Waals surface area (Å²) in [5.74, 6) is 0.0603. The van der Waals surface area contributed by atoms with Crippen LogP contribution in [0.3, 0.4) is 0 Å². The molecule has 3 atom stereocenters. The number of ether oxygens (including phenoxy) is 2. The van der Waals surface area contributed by atoms with E-state index in [9.17, 15) is 19.2 Å². The van der Waals surface area contributed by atoms with Crippen LogP contribution in [0.25, 0.3) is 10.9 Å². The first kappa shape index (κ1) is 33.7. The lowest BCUT2D eigenvalue weighted by Gasteiger charge is -2.39. The Kier molecular flexibility index (Phi) is 10.9. The molecule has 1 aromatic heterocycles. The van der Waals surface area contributed by atoms with Gasteiger partial charge >= 0.3 is 0 Å². The van der Waals surface area contributed by atoms with Crippen LogP contribution in [0.1, 0.15) is 72.7 Å². The van der Waals surface area contributed by atoms with Gasteiger partial charge in [-0.15, -0.1) is 0 Å². The maximum atomic E-state index is 14.3. The average molecular weight is 639 g/mol. The van der Waals surface area contributed by atoms with Crippen molar-refractivity contribution >= 4 is 34.5 Å². The van der Waals surface area contributed by atoms with E-state index in [1.165, 1.54) is 0 Å². The molecule has 0 bridgehead atoms. The van der Waals surface area contributed by atoms with Gasteiger partial charge in [-0.05, 0) is 57.7 Å². The van der Waals surface area contributed by atoms with Gasteiger partial charge in [0.15, 0.2) is 0 Å². The summed E-state index contributed by atoms with van der Waals surface area (Å²) in [5.41, 5.74) is 1.47. The molecule has 3 aliphatic rings. The summed E-state index contributed by atoms with van der Waals surface area (Å²) in [6, 6.07) is 4.49. The molecule has 4 amide bonds. The molecule has 0 radical (unpaired) electrons. The highest BCUT2D eigenvalue weighted by Gasteiger charge is 2.39. The van der Waals surface area contributed by atoms with Gasteiger partial charge in [0.1, 0.15) is 17.5 Å². The number of amides is 4. The summed E-state index contributed by atoms with van der Waals surface area (Å²) in [6.07, 6.45) is 6.81. The summed E-state index contributed by atoms with van der Waals surface area (Å²) in [7, 11) is 6.77. The number of nitrogens with zero attached hydrogens (tertiary/aromatic N) is 4. The van der Waals surface area contributed by atoms with Gasteiger partial charge < -0.3 is 39.4 Å². The van der Waals surface area contributed by atoms with Crippen LogP contribution in [-0.4, -0.2) is 122 Å². The molecule has 2 aliphatic heterocycles. The summed E-state index contributed by atoms with van der Waals surface area (Å²) in [5, 5.41) is 6.71. The second kappa shape index (κ2) is 14.8. The van der Waals surface area contributed by atoms with Gasteiger partial charge in [0.05, 0.1) is 36.9 Å². The van der Waals surface area contributed by atoms with Crippen molar-refractivity contribution in [2.24, 2.45) is 13.0 Å². The molecule has 12 nitrogen and oxygen atoms in total. The Balaban J connectivity index is 1.38. The lowest BCUT2D eigenvalue weighted by atomic mass is 9.83. The zero-order valence-electron chi connectivity index (χ0n) is 28.0. The number of aromatic nitrogens is 1. The van der Waals surface area contributed by atoms with Gasteiger partial charge in [-0.3, -0.25) is 19.2 Å². The molecule has 3 heterocycles. The van der Waals surface area contributed by atoms with Crippen LogP contribution in [0.4, 0.5) is 0 Å². The molecule has 0 unspecified atom stereocenters. The van der Waals surface area contributed by atoms with E-state index < -0.39 is 12.1 Å². The molecule has 1 saturated carbocycles. The number of likely N-dealkylation sites (N-methyl/N-ethyl adjacent to an activating group) is 1. The van der Waals surface area contributed by atoms with Crippen molar-refractivity contribution in [1.29, 1.82) is 0 Å². The van der Waals surface area contributed by atoms with Crippen molar-refractivity contribution in [2.45, 2.75) is 70.0 Å². The van der Waals surface area contributed by atoms with Crippen LogP contribution in [0.5, 0.6) is 5.75 Å². The van der Waals surface area contributed by atoms with E-state index in [-0.39, 0.29) is 35.6 Å². The van der Waals surface area contributed by atoms with Gasteiger partial charge in [-0.25, -0.2) is 0 Å². The van der Waals surface area contributed by atoms with Crippen molar-refractivity contribution in [2.75, 3.05) is 60.6 Å². The number of aryl methyl sites for hydroxylation is 1. The van der Waals surface area contributed by atoms with E-state index >= 15 is 0 Å². The number of carbonyl (C=O) groups excluding carboxylic acids is 4. The number of piperazine rings is 1. The number of carbonyl (C=O) groups is 4. The van der Waals surface area contributed by atoms with Gasteiger partial charge in [-0.2, -0.15) is 0 Å². The van der Waals surface area contributed by atoms with Crippen molar-refractivity contribution in [3.05, 3.63) is 29.5 Å². The smallest absolute Gasteiger partial charge is 0.271 e. The average Bonchev–Trinajstić information content (AvgIpc) is 3.68. The van der Waals surface area contributed by atoms with E-state index in [4.69, 9.17) is 9.47 Å². The van der Waals surface area contributed by atoms with Gasteiger partial charge in [0.25, 0.3) is 11.8 Å². The van der Waals surface area contributed by atoms with Gasteiger partial charge in [0.2, 0.25) is 11.8 Å². The fourth-order valence-electron chi connectivity index (χ4n) is 7.36. The zero-order valence-corrected chi connectivity index (χ0v) is 28.0. The Morgan fingerprint density at radius 2 is 1.61 bits per heavy atom. The maximum absolute atomic E-state index is 14.3. The third kappa shape index (κ3) is 6.73. The lowest BCUT2D eigenvalue weighted by Crippen LogP contribution is -2.59. The number of rotatable bonds is 10. The highest BCUT2D eigenvalue weighted by molar-refractivity contribution is 6.16. The molecule has 2 saturated heterocycles. The molecular formula is C34H50N6O6. The van der Waals surface area contributed by atoms with E-state index in [1.54, 1.807) is 42.6 Å². The van der Waals surface area contributed by atoms with Crippen LogP contribution < -0.4 is 15.4 Å². The van der Waals surface area contributed by atoms with Crippen LogP contribution in [0.15, 0.2) is 18.2 Å². The minimum Gasteiger partial charge on any atom is -0.497 e.